The molecule has 0 radical (unpaired) electrons. The van der Waals surface area contributed by atoms with Crippen molar-refractivity contribution < 1.29 is 19.5 Å². The predicted octanol–water partition coefficient (Wildman–Crippen LogP) is 0.297. The molecule has 2 amide bonds. The Kier molecular flexibility index (Phi) is 8.73. The van der Waals surface area contributed by atoms with Gasteiger partial charge >= 0.3 is 5.97 Å². The van der Waals surface area contributed by atoms with E-state index < -0.39 is 12.0 Å². The van der Waals surface area contributed by atoms with Crippen LogP contribution in [-0.4, -0.2) is 39.9 Å². The van der Waals surface area contributed by atoms with Gasteiger partial charge in [-0.05, 0) is 19.3 Å². The molecule has 3 N–H and O–H groups in total. The number of carbonyl (C=O) groups excluding carboxylic acids is 2. The summed E-state index contributed by atoms with van der Waals surface area (Å²) in [6.07, 6.45) is 1.71. The van der Waals surface area contributed by atoms with Gasteiger partial charge in [0.2, 0.25) is 11.8 Å². The van der Waals surface area contributed by atoms with Crippen molar-refractivity contribution in [3.05, 3.63) is 0 Å². The van der Waals surface area contributed by atoms with E-state index in [2.05, 4.69) is 10.6 Å². The first-order chi connectivity index (χ1) is 7.97. The van der Waals surface area contributed by atoms with E-state index >= 15 is 0 Å². The SMILES string of the molecule is CC(=O)NC(CCCCNC(=O)CI)C(=O)O. The van der Waals surface area contributed by atoms with Gasteiger partial charge in [-0.25, -0.2) is 4.79 Å². The summed E-state index contributed by atoms with van der Waals surface area (Å²) in [5.41, 5.74) is 0. The fourth-order valence-corrected chi connectivity index (χ4v) is 1.52. The lowest BCUT2D eigenvalue weighted by molar-refractivity contribution is -0.141. The van der Waals surface area contributed by atoms with E-state index in [-0.39, 0.29) is 11.8 Å². The molecule has 1 atom stereocenters. The van der Waals surface area contributed by atoms with Gasteiger partial charge in [-0.1, -0.05) is 22.6 Å². The topological polar surface area (TPSA) is 95.5 Å². The van der Waals surface area contributed by atoms with Gasteiger partial charge in [0.15, 0.2) is 0 Å². The van der Waals surface area contributed by atoms with Crippen molar-refractivity contribution in [3.8, 4) is 0 Å². The summed E-state index contributed by atoms with van der Waals surface area (Å²) in [6.45, 7) is 1.82. The Bertz CT molecular complexity index is 283. The van der Waals surface area contributed by atoms with E-state index in [1.807, 2.05) is 22.6 Å². The van der Waals surface area contributed by atoms with Gasteiger partial charge in [-0.3, -0.25) is 9.59 Å². The van der Waals surface area contributed by atoms with Gasteiger partial charge in [0.25, 0.3) is 0 Å². The molecule has 0 rings (SSSR count). The number of alkyl halides is 1. The van der Waals surface area contributed by atoms with Crippen LogP contribution in [0.1, 0.15) is 26.2 Å². The summed E-state index contributed by atoms with van der Waals surface area (Å²) >= 11 is 1.97. The number of hydrogen-bond donors (Lipinski definition) is 3. The first kappa shape index (κ1) is 16.1. The molecule has 0 saturated heterocycles. The van der Waals surface area contributed by atoms with Gasteiger partial charge < -0.3 is 15.7 Å². The average Bonchev–Trinajstić information content (AvgIpc) is 2.25. The van der Waals surface area contributed by atoms with Crippen LogP contribution in [0, 0.1) is 0 Å². The summed E-state index contributed by atoms with van der Waals surface area (Å²) in [4.78, 5) is 32.4. The smallest absolute Gasteiger partial charge is 0.326 e. The number of carbonyl (C=O) groups is 3. The van der Waals surface area contributed by atoms with Crippen molar-refractivity contribution in [2.75, 3.05) is 11.0 Å². The van der Waals surface area contributed by atoms with Crippen LogP contribution in [-0.2, 0) is 14.4 Å². The van der Waals surface area contributed by atoms with E-state index in [0.29, 0.717) is 30.2 Å². The molecule has 0 aromatic carbocycles. The number of carboxylic acids is 1. The van der Waals surface area contributed by atoms with Crippen molar-refractivity contribution in [3.63, 3.8) is 0 Å². The molecular formula is C10H17IN2O4. The summed E-state index contributed by atoms with van der Waals surface area (Å²) in [7, 11) is 0. The lowest BCUT2D eigenvalue weighted by atomic mass is 10.1. The van der Waals surface area contributed by atoms with Crippen LogP contribution in [0.25, 0.3) is 0 Å². The van der Waals surface area contributed by atoms with E-state index in [1.54, 1.807) is 0 Å². The van der Waals surface area contributed by atoms with E-state index in [0.717, 1.165) is 0 Å². The number of aliphatic carboxylic acids is 1. The molecule has 0 aromatic heterocycles. The minimum atomic E-state index is -1.03. The second-order valence-electron chi connectivity index (χ2n) is 3.57. The van der Waals surface area contributed by atoms with Crippen molar-refractivity contribution in [1.82, 2.24) is 10.6 Å². The maximum Gasteiger partial charge on any atom is 0.326 e. The molecule has 0 spiro atoms. The third-order valence-corrected chi connectivity index (χ3v) is 2.73. The van der Waals surface area contributed by atoms with Crippen LogP contribution in [0.5, 0.6) is 0 Å². The highest BCUT2D eigenvalue weighted by atomic mass is 127. The minimum Gasteiger partial charge on any atom is -0.480 e. The average molecular weight is 356 g/mol. The molecule has 0 fully saturated rings. The molecule has 6 nitrogen and oxygen atoms in total. The van der Waals surface area contributed by atoms with Crippen molar-refractivity contribution in [1.29, 1.82) is 0 Å². The van der Waals surface area contributed by atoms with Crippen LogP contribution in [0.15, 0.2) is 0 Å². The number of unbranched alkanes of at least 4 members (excludes halogenated alkanes) is 1. The molecule has 0 aliphatic carbocycles. The van der Waals surface area contributed by atoms with E-state index in [9.17, 15) is 14.4 Å². The summed E-state index contributed by atoms with van der Waals surface area (Å²) in [5.74, 6) is -1.41. The molecule has 98 valence electrons. The normalized spacial score (nSPS) is 11.6. The number of nitrogens with one attached hydrogen (secondary N) is 2. The molecule has 0 aromatic rings. The Morgan fingerprint density at radius 2 is 1.94 bits per heavy atom. The molecule has 0 bridgehead atoms. The number of rotatable bonds is 8. The highest BCUT2D eigenvalue weighted by molar-refractivity contribution is 14.1. The number of amides is 2. The Labute approximate surface area is 114 Å². The Hall–Kier alpha value is -0.860. The van der Waals surface area contributed by atoms with Crippen LogP contribution >= 0.6 is 22.6 Å². The minimum absolute atomic E-state index is 0.0257. The van der Waals surface area contributed by atoms with Crippen LogP contribution in [0.3, 0.4) is 0 Å². The third kappa shape index (κ3) is 8.90. The molecule has 0 aliphatic heterocycles. The Balaban J connectivity index is 3.72. The van der Waals surface area contributed by atoms with Crippen LogP contribution < -0.4 is 10.6 Å². The first-order valence-corrected chi connectivity index (χ1v) is 6.82. The zero-order chi connectivity index (χ0) is 13.3. The second-order valence-corrected chi connectivity index (χ2v) is 4.33. The number of carboxylic acid groups (broad SMARTS) is 1. The molecular weight excluding hydrogens is 339 g/mol. The van der Waals surface area contributed by atoms with Crippen molar-refractivity contribution in [2.45, 2.75) is 32.2 Å². The van der Waals surface area contributed by atoms with E-state index in [4.69, 9.17) is 5.11 Å². The lowest BCUT2D eigenvalue weighted by Gasteiger charge is -2.12. The number of halogens is 1. The molecule has 0 saturated carbocycles. The maximum atomic E-state index is 10.9. The van der Waals surface area contributed by atoms with Crippen molar-refractivity contribution in [2.24, 2.45) is 0 Å². The first-order valence-electron chi connectivity index (χ1n) is 5.30. The quantitative estimate of drug-likeness (QED) is 0.331. The predicted molar refractivity (Wildman–Crippen MR) is 71.0 cm³/mol. The monoisotopic (exact) mass is 356 g/mol. The standard InChI is InChI=1S/C10H17IN2O4/c1-7(14)13-8(10(16)17)4-2-3-5-12-9(15)6-11/h8H,2-6H2,1H3,(H,12,15)(H,13,14)(H,16,17). The summed E-state index contributed by atoms with van der Waals surface area (Å²) in [5, 5.41) is 13.9. The van der Waals surface area contributed by atoms with Crippen LogP contribution in [0.4, 0.5) is 0 Å². The third-order valence-electron chi connectivity index (χ3n) is 2.04. The Morgan fingerprint density at radius 3 is 2.41 bits per heavy atom. The fraction of sp³-hybridized carbons (Fsp3) is 0.700. The van der Waals surface area contributed by atoms with Gasteiger partial charge in [-0.15, -0.1) is 0 Å². The molecule has 17 heavy (non-hydrogen) atoms. The highest BCUT2D eigenvalue weighted by Gasteiger charge is 2.17. The van der Waals surface area contributed by atoms with E-state index in [1.165, 1.54) is 6.92 Å². The molecule has 7 heteroatoms. The molecule has 0 aliphatic rings. The zero-order valence-corrected chi connectivity index (χ0v) is 11.8. The van der Waals surface area contributed by atoms with Gasteiger partial charge in [0.1, 0.15) is 6.04 Å². The largest absolute Gasteiger partial charge is 0.480 e. The van der Waals surface area contributed by atoms with Gasteiger partial charge in [0.05, 0.1) is 4.43 Å². The summed E-state index contributed by atoms with van der Waals surface area (Å²) < 4.78 is 0.418. The van der Waals surface area contributed by atoms with Gasteiger partial charge in [0, 0.05) is 13.5 Å². The number of hydrogen-bond acceptors (Lipinski definition) is 3. The summed E-state index contributed by atoms with van der Waals surface area (Å²) in [6, 6.07) is -0.840. The second kappa shape index (κ2) is 9.20. The van der Waals surface area contributed by atoms with Gasteiger partial charge in [-0.2, -0.15) is 0 Å². The zero-order valence-electron chi connectivity index (χ0n) is 9.66. The van der Waals surface area contributed by atoms with Crippen LogP contribution in [0.2, 0.25) is 0 Å². The van der Waals surface area contributed by atoms with Crippen molar-refractivity contribution >= 4 is 40.4 Å². The Morgan fingerprint density at radius 1 is 1.29 bits per heavy atom. The highest BCUT2D eigenvalue weighted by Crippen LogP contribution is 2.01. The lowest BCUT2D eigenvalue weighted by Crippen LogP contribution is -2.39. The fourth-order valence-electron chi connectivity index (χ4n) is 1.25. The molecule has 0 heterocycles. The molecule has 1 unspecified atom stereocenters. The maximum absolute atomic E-state index is 10.9.